The number of methoxy groups -OCH3 is 1. The Labute approximate surface area is 218 Å². The maximum atomic E-state index is 14.1. The minimum Gasteiger partial charge on any atom is -0.510 e. The molecule has 1 amide bonds. The minimum absolute atomic E-state index is 0.00259. The molecule has 38 heavy (non-hydrogen) atoms. The van der Waals surface area contributed by atoms with Crippen LogP contribution in [0.5, 0.6) is 11.5 Å². The molecule has 1 saturated carbocycles. The molecule has 1 heterocycles. The van der Waals surface area contributed by atoms with Crippen LogP contribution in [0.2, 0.25) is 0 Å². The number of nitrogens with two attached hydrogens (primary N) is 1. The number of amides is 1. The molecule has 0 bridgehead atoms. The number of epoxide rings is 1. The average molecular weight is 521 g/mol. The third kappa shape index (κ3) is 2.82. The number of hydrogen-bond acceptors (Lipinski definition) is 9. The number of carbonyl (C=O) groups excluding carboxylic acids is 2. The number of fused-ring (bicyclic) bond motifs is 2. The number of Topliss-reactive ketones (excluding diaryl/α,β-unsaturated/α-hetero) is 1. The second-order valence-electron chi connectivity index (χ2n) is 10.5. The molecule has 0 radical (unpaired) electrons. The van der Waals surface area contributed by atoms with E-state index in [-0.39, 0.29) is 29.7 Å². The molecule has 5 atom stereocenters. The number of ether oxygens (including phenoxy) is 2. The maximum absolute atomic E-state index is 14.1. The van der Waals surface area contributed by atoms with Crippen molar-refractivity contribution in [2.75, 3.05) is 21.2 Å². The minimum atomic E-state index is -2.41. The van der Waals surface area contributed by atoms with E-state index in [1.807, 2.05) is 30.3 Å². The van der Waals surface area contributed by atoms with Gasteiger partial charge in [0.15, 0.2) is 5.60 Å². The number of ketones is 1. The van der Waals surface area contributed by atoms with E-state index >= 15 is 0 Å². The van der Waals surface area contributed by atoms with E-state index in [1.54, 1.807) is 19.0 Å². The Bertz CT molecular complexity index is 1480. The Morgan fingerprint density at radius 1 is 1.18 bits per heavy atom. The first-order valence-electron chi connectivity index (χ1n) is 12.3. The number of nitrogens with zero attached hydrogens (tertiary/aromatic N) is 1. The number of benzene rings is 2. The number of rotatable bonds is 4. The third-order valence-electron chi connectivity index (χ3n) is 8.47. The van der Waals surface area contributed by atoms with Crippen LogP contribution in [-0.2, 0) is 20.7 Å². The van der Waals surface area contributed by atoms with Crippen molar-refractivity contribution >= 4 is 17.4 Å². The van der Waals surface area contributed by atoms with Crippen molar-refractivity contribution in [3.8, 4) is 22.6 Å². The lowest BCUT2D eigenvalue weighted by Gasteiger charge is -2.46. The van der Waals surface area contributed by atoms with Crippen LogP contribution in [0.3, 0.4) is 0 Å². The van der Waals surface area contributed by atoms with E-state index in [2.05, 4.69) is 0 Å². The molecule has 6 rings (SSSR count). The van der Waals surface area contributed by atoms with Crippen molar-refractivity contribution < 1.29 is 39.5 Å². The standard InChI is InChI=1S/C28H28N2O8/c1-30(2)21-16-10-13-9-15-19(17(31)11-14(24(15)37-3)12-7-5-4-6-8-12)22(32)18(13)25(34)27(16)28(36,38-27)20(23(21)33)26(29)35/h4-8,11,13,16,21,31-33,36H,9-10H2,1-3H3,(H2,29,35)/t13-,16-,21-,27-,28?/m0/s1. The fourth-order valence-electron chi connectivity index (χ4n) is 6.97. The van der Waals surface area contributed by atoms with Crippen LogP contribution < -0.4 is 10.5 Å². The van der Waals surface area contributed by atoms with Crippen LogP contribution >= 0.6 is 0 Å². The summed E-state index contributed by atoms with van der Waals surface area (Å²) in [5.41, 5.74) is 5.08. The summed E-state index contributed by atoms with van der Waals surface area (Å²) < 4.78 is 11.4. The third-order valence-corrected chi connectivity index (χ3v) is 8.47. The van der Waals surface area contributed by atoms with Crippen molar-refractivity contribution in [1.29, 1.82) is 0 Å². The van der Waals surface area contributed by atoms with Gasteiger partial charge in [0.25, 0.3) is 5.91 Å². The molecule has 0 aromatic heterocycles. The molecule has 2 aromatic rings. The second-order valence-corrected chi connectivity index (χ2v) is 10.5. The fraction of sp³-hybridized carbons (Fsp3) is 0.357. The number of carbonyl (C=O) groups is 2. The zero-order chi connectivity index (χ0) is 27.3. The fourth-order valence-corrected chi connectivity index (χ4v) is 6.97. The Hall–Kier alpha value is -3.86. The van der Waals surface area contributed by atoms with Gasteiger partial charge in [0.1, 0.15) is 28.6 Å². The summed E-state index contributed by atoms with van der Waals surface area (Å²) in [7, 11) is 4.86. The van der Waals surface area contributed by atoms with Gasteiger partial charge in [-0.3, -0.25) is 14.5 Å². The van der Waals surface area contributed by atoms with Crippen LogP contribution in [0.25, 0.3) is 16.9 Å². The van der Waals surface area contributed by atoms with Gasteiger partial charge < -0.3 is 35.6 Å². The van der Waals surface area contributed by atoms with Crippen LogP contribution in [0, 0.1) is 11.8 Å². The number of hydrogen-bond donors (Lipinski definition) is 5. The lowest BCUT2D eigenvalue weighted by atomic mass is 9.58. The molecule has 2 fully saturated rings. The van der Waals surface area contributed by atoms with E-state index in [4.69, 9.17) is 15.2 Å². The largest absolute Gasteiger partial charge is 0.510 e. The molecule has 10 nitrogen and oxygen atoms in total. The molecular weight excluding hydrogens is 492 g/mol. The van der Waals surface area contributed by atoms with E-state index in [0.29, 0.717) is 16.9 Å². The van der Waals surface area contributed by atoms with Gasteiger partial charge >= 0.3 is 0 Å². The summed E-state index contributed by atoms with van der Waals surface area (Å²) in [6, 6.07) is 9.99. The van der Waals surface area contributed by atoms with Crippen molar-refractivity contribution in [3.63, 3.8) is 0 Å². The number of aliphatic hydroxyl groups is 3. The highest BCUT2D eigenvalue weighted by Crippen LogP contribution is 2.67. The van der Waals surface area contributed by atoms with Gasteiger partial charge in [0.2, 0.25) is 11.6 Å². The Morgan fingerprint density at radius 3 is 2.47 bits per heavy atom. The van der Waals surface area contributed by atoms with E-state index < -0.39 is 58.0 Å². The zero-order valence-corrected chi connectivity index (χ0v) is 21.1. The Morgan fingerprint density at radius 2 is 1.87 bits per heavy atom. The van der Waals surface area contributed by atoms with Crippen LogP contribution in [0.1, 0.15) is 17.5 Å². The predicted octanol–water partition coefficient (Wildman–Crippen LogP) is 1.80. The average Bonchev–Trinajstić information content (AvgIpc) is 3.49. The molecule has 3 aliphatic carbocycles. The summed E-state index contributed by atoms with van der Waals surface area (Å²) >= 11 is 0. The topological polar surface area (TPSA) is 166 Å². The normalized spacial score (nSPS) is 31.4. The number of aliphatic hydroxyl groups excluding tert-OH is 2. The molecular formula is C28H28N2O8. The lowest BCUT2D eigenvalue weighted by Crippen LogP contribution is -2.60. The second kappa shape index (κ2) is 7.83. The number of likely N-dealkylation sites (N-methyl/N-ethyl adjacent to an activating group) is 1. The van der Waals surface area contributed by atoms with Crippen molar-refractivity contribution in [1.82, 2.24) is 4.90 Å². The van der Waals surface area contributed by atoms with Crippen LogP contribution in [0.4, 0.5) is 0 Å². The highest BCUT2D eigenvalue weighted by atomic mass is 16.8. The van der Waals surface area contributed by atoms with Gasteiger partial charge in [0, 0.05) is 22.6 Å². The number of phenols is 1. The van der Waals surface area contributed by atoms with E-state index in [9.17, 15) is 30.0 Å². The summed E-state index contributed by atoms with van der Waals surface area (Å²) in [5, 5.41) is 44.8. The molecule has 1 unspecified atom stereocenters. The van der Waals surface area contributed by atoms with Gasteiger partial charge in [0.05, 0.1) is 18.7 Å². The van der Waals surface area contributed by atoms with Crippen LogP contribution in [0.15, 0.2) is 53.3 Å². The predicted molar refractivity (Wildman–Crippen MR) is 135 cm³/mol. The first-order chi connectivity index (χ1) is 18.0. The Kier molecular flexibility index (Phi) is 5.04. The highest BCUT2D eigenvalue weighted by Gasteiger charge is 2.85. The summed E-state index contributed by atoms with van der Waals surface area (Å²) in [5.74, 6) is -6.14. The molecule has 2 aromatic carbocycles. The molecule has 4 aliphatic rings. The molecule has 6 N–H and O–H groups in total. The number of phenolic OH excluding ortho intramolecular Hbond substituents is 1. The van der Waals surface area contributed by atoms with E-state index in [0.717, 1.165) is 5.56 Å². The van der Waals surface area contributed by atoms with Gasteiger partial charge in [-0.1, -0.05) is 30.3 Å². The number of aromatic hydroxyl groups is 1. The number of primary amides is 1. The van der Waals surface area contributed by atoms with E-state index in [1.165, 1.54) is 13.2 Å². The molecule has 1 spiro atoms. The highest BCUT2D eigenvalue weighted by molar-refractivity contribution is 6.14. The van der Waals surface area contributed by atoms with Crippen molar-refractivity contribution in [3.05, 3.63) is 64.4 Å². The van der Waals surface area contributed by atoms with Crippen molar-refractivity contribution in [2.45, 2.75) is 30.3 Å². The van der Waals surface area contributed by atoms with Gasteiger partial charge in [-0.05, 0) is 44.5 Å². The zero-order valence-electron chi connectivity index (χ0n) is 21.1. The monoisotopic (exact) mass is 520 g/mol. The summed E-state index contributed by atoms with van der Waals surface area (Å²) in [4.78, 5) is 28.0. The maximum Gasteiger partial charge on any atom is 0.253 e. The molecule has 1 saturated heterocycles. The first-order valence-corrected chi connectivity index (χ1v) is 12.3. The van der Waals surface area contributed by atoms with Crippen LogP contribution in [-0.4, -0.2) is 75.7 Å². The lowest BCUT2D eigenvalue weighted by molar-refractivity contribution is -0.127. The van der Waals surface area contributed by atoms with Gasteiger partial charge in [-0.25, -0.2) is 0 Å². The Balaban J connectivity index is 1.55. The van der Waals surface area contributed by atoms with Gasteiger partial charge in [-0.2, -0.15) is 0 Å². The quantitative estimate of drug-likeness (QED) is 0.378. The van der Waals surface area contributed by atoms with Gasteiger partial charge in [-0.15, -0.1) is 0 Å². The summed E-state index contributed by atoms with van der Waals surface area (Å²) in [6.45, 7) is 0. The molecule has 1 aliphatic heterocycles. The first kappa shape index (κ1) is 24.5. The SMILES string of the molecule is COc1c(-c2ccccc2)cc(O)c2c1C[C@H]1C[C@H]3[C@H](N(C)C)C(O)=C(C(N)=O)C4(O)O[C@]34C(=O)C1=C2O. The molecule has 198 valence electrons. The van der Waals surface area contributed by atoms with Crippen molar-refractivity contribution in [2.24, 2.45) is 17.6 Å². The summed E-state index contributed by atoms with van der Waals surface area (Å²) in [6.07, 6.45) is 0.474. The molecule has 10 heteroatoms. The smallest absolute Gasteiger partial charge is 0.253 e.